The SMILES string of the molecule is Cc1ccc(C(N)=O)cc1NC(=O)c1csc2ccccc12. The van der Waals surface area contributed by atoms with Gasteiger partial charge in [-0.05, 0) is 30.7 Å². The van der Waals surface area contributed by atoms with Crippen LogP contribution in [0.4, 0.5) is 5.69 Å². The fourth-order valence-corrected chi connectivity index (χ4v) is 3.19. The highest BCUT2D eigenvalue weighted by Gasteiger charge is 2.14. The predicted octanol–water partition coefficient (Wildman–Crippen LogP) is 3.56. The Morgan fingerprint density at radius 2 is 1.91 bits per heavy atom. The van der Waals surface area contributed by atoms with Gasteiger partial charge < -0.3 is 11.1 Å². The summed E-state index contributed by atoms with van der Waals surface area (Å²) in [6, 6.07) is 12.8. The molecule has 0 bridgehead atoms. The van der Waals surface area contributed by atoms with Crippen LogP contribution >= 0.6 is 11.3 Å². The van der Waals surface area contributed by atoms with E-state index in [-0.39, 0.29) is 5.91 Å². The van der Waals surface area contributed by atoms with Gasteiger partial charge in [0.15, 0.2) is 0 Å². The minimum atomic E-state index is -0.517. The first-order valence-electron chi connectivity index (χ1n) is 6.74. The van der Waals surface area contributed by atoms with Gasteiger partial charge in [-0.25, -0.2) is 0 Å². The van der Waals surface area contributed by atoms with E-state index in [0.29, 0.717) is 16.8 Å². The summed E-state index contributed by atoms with van der Waals surface area (Å²) in [4.78, 5) is 23.8. The first-order valence-corrected chi connectivity index (χ1v) is 7.62. The van der Waals surface area contributed by atoms with Gasteiger partial charge in [0.25, 0.3) is 5.91 Å². The summed E-state index contributed by atoms with van der Waals surface area (Å²) < 4.78 is 1.07. The molecule has 0 spiro atoms. The lowest BCUT2D eigenvalue weighted by atomic mass is 10.1. The molecule has 0 aliphatic carbocycles. The number of amides is 2. The third kappa shape index (κ3) is 2.58. The predicted molar refractivity (Wildman–Crippen MR) is 89.5 cm³/mol. The highest BCUT2D eigenvalue weighted by molar-refractivity contribution is 7.17. The van der Waals surface area contributed by atoms with Crippen LogP contribution in [-0.2, 0) is 0 Å². The molecule has 3 aromatic rings. The normalized spacial score (nSPS) is 10.6. The summed E-state index contributed by atoms with van der Waals surface area (Å²) >= 11 is 1.53. The van der Waals surface area contributed by atoms with Crippen molar-refractivity contribution in [2.45, 2.75) is 6.92 Å². The van der Waals surface area contributed by atoms with Crippen molar-refractivity contribution in [1.29, 1.82) is 0 Å². The maximum Gasteiger partial charge on any atom is 0.257 e. The monoisotopic (exact) mass is 310 g/mol. The maximum absolute atomic E-state index is 12.5. The van der Waals surface area contributed by atoms with Crippen molar-refractivity contribution in [2.24, 2.45) is 5.73 Å². The zero-order valence-corrected chi connectivity index (χ0v) is 12.7. The van der Waals surface area contributed by atoms with Crippen LogP contribution in [0.15, 0.2) is 47.8 Å². The van der Waals surface area contributed by atoms with Crippen molar-refractivity contribution in [2.75, 3.05) is 5.32 Å². The largest absolute Gasteiger partial charge is 0.366 e. The standard InChI is InChI=1S/C17H14N2O2S/c1-10-6-7-11(16(18)20)8-14(10)19-17(21)13-9-22-15-5-3-2-4-12(13)15/h2-9H,1H3,(H2,18,20)(H,19,21). The molecule has 0 radical (unpaired) electrons. The van der Waals surface area contributed by atoms with Gasteiger partial charge in [0, 0.05) is 26.7 Å². The Morgan fingerprint density at radius 3 is 2.68 bits per heavy atom. The van der Waals surface area contributed by atoms with Crippen molar-refractivity contribution in [3.63, 3.8) is 0 Å². The van der Waals surface area contributed by atoms with Gasteiger partial charge in [-0.1, -0.05) is 24.3 Å². The smallest absolute Gasteiger partial charge is 0.257 e. The van der Waals surface area contributed by atoms with Crippen molar-refractivity contribution in [1.82, 2.24) is 0 Å². The molecule has 2 amide bonds. The number of benzene rings is 2. The third-order valence-electron chi connectivity index (χ3n) is 3.50. The zero-order chi connectivity index (χ0) is 15.7. The first-order chi connectivity index (χ1) is 10.6. The van der Waals surface area contributed by atoms with E-state index in [1.165, 1.54) is 11.3 Å². The Hall–Kier alpha value is -2.66. The van der Waals surface area contributed by atoms with Crippen LogP contribution in [0.25, 0.3) is 10.1 Å². The lowest BCUT2D eigenvalue weighted by Crippen LogP contribution is -2.15. The summed E-state index contributed by atoms with van der Waals surface area (Å²) in [5.41, 5.74) is 7.75. The quantitative estimate of drug-likeness (QED) is 0.776. The van der Waals surface area contributed by atoms with E-state index in [1.807, 2.05) is 36.6 Å². The van der Waals surface area contributed by atoms with Gasteiger partial charge in [-0.2, -0.15) is 0 Å². The topological polar surface area (TPSA) is 72.2 Å². The van der Waals surface area contributed by atoms with Crippen LogP contribution < -0.4 is 11.1 Å². The van der Waals surface area contributed by atoms with Crippen LogP contribution in [0.3, 0.4) is 0 Å². The van der Waals surface area contributed by atoms with Crippen molar-refractivity contribution >= 4 is 38.9 Å². The second-order valence-corrected chi connectivity index (χ2v) is 5.90. The Labute approximate surface area is 131 Å². The molecule has 0 saturated heterocycles. The number of thiophene rings is 1. The molecular weight excluding hydrogens is 296 g/mol. The van der Waals surface area contributed by atoms with Gasteiger partial charge in [-0.15, -0.1) is 11.3 Å². The molecule has 0 aliphatic rings. The van der Waals surface area contributed by atoms with Gasteiger partial charge in [0.05, 0.1) is 5.56 Å². The van der Waals surface area contributed by atoms with E-state index < -0.39 is 5.91 Å². The molecule has 110 valence electrons. The molecule has 1 heterocycles. The molecule has 0 atom stereocenters. The highest BCUT2D eigenvalue weighted by Crippen LogP contribution is 2.27. The Kier molecular flexibility index (Phi) is 3.65. The number of nitrogens with one attached hydrogen (secondary N) is 1. The number of carbonyl (C=O) groups excluding carboxylic acids is 2. The maximum atomic E-state index is 12.5. The van der Waals surface area contributed by atoms with Crippen LogP contribution in [0.1, 0.15) is 26.3 Å². The molecule has 0 aliphatic heterocycles. The van der Waals surface area contributed by atoms with Crippen LogP contribution in [0.2, 0.25) is 0 Å². The van der Waals surface area contributed by atoms with Crippen LogP contribution in [0, 0.1) is 6.92 Å². The number of aryl methyl sites for hydroxylation is 1. The molecular formula is C17H14N2O2S. The molecule has 4 nitrogen and oxygen atoms in total. The van der Waals surface area contributed by atoms with E-state index in [9.17, 15) is 9.59 Å². The lowest BCUT2D eigenvalue weighted by Gasteiger charge is -2.09. The number of anilines is 1. The molecule has 0 fully saturated rings. The number of rotatable bonds is 3. The lowest BCUT2D eigenvalue weighted by molar-refractivity contribution is 0.0996. The Bertz CT molecular complexity index is 883. The second kappa shape index (κ2) is 5.61. The first kappa shape index (κ1) is 14.3. The molecule has 3 rings (SSSR count). The number of fused-ring (bicyclic) bond motifs is 1. The number of nitrogens with two attached hydrogens (primary N) is 1. The second-order valence-electron chi connectivity index (χ2n) is 4.99. The summed E-state index contributed by atoms with van der Waals surface area (Å²) in [6.45, 7) is 1.87. The van der Waals surface area contributed by atoms with E-state index in [0.717, 1.165) is 15.6 Å². The molecule has 0 unspecified atom stereocenters. The van der Waals surface area contributed by atoms with E-state index in [2.05, 4.69) is 5.32 Å². The minimum absolute atomic E-state index is 0.192. The fourth-order valence-electron chi connectivity index (χ4n) is 2.25. The Balaban J connectivity index is 1.94. The van der Waals surface area contributed by atoms with Crippen LogP contribution in [0.5, 0.6) is 0 Å². The molecule has 0 saturated carbocycles. The number of hydrogen-bond donors (Lipinski definition) is 2. The zero-order valence-electron chi connectivity index (χ0n) is 11.9. The molecule has 22 heavy (non-hydrogen) atoms. The summed E-state index contributed by atoms with van der Waals surface area (Å²) in [5.74, 6) is -0.710. The average Bonchev–Trinajstić information content (AvgIpc) is 2.93. The number of hydrogen-bond acceptors (Lipinski definition) is 3. The number of primary amides is 1. The van der Waals surface area contributed by atoms with Gasteiger partial charge in [0.1, 0.15) is 0 Å². The average molecular weight is 310 g/mol. The molecule has 5 heteroatoms. The summed E-state index contributed by atoms with van der Waals surface area (Å²) in [5, 5.41) is 5.63. The highest BCUT2D eigenvalue weighted by atomic mass is 32.1. The molecule has 2 aromatic carbocycles. The Morgan fingerprint density at radius 1 is 1.14 bits per heavy atom. The van der Waals surface area contributed by atoms with E-state index in [4.69, 9.17) is 5.73 Å². The van der Waals surface area contributed by atoms with Gasteiger partial charge >= 0.3 is 0 Å². The minimum Gasteiger partial charge on any atom is -0.366 e. The van der Waals surface area contributed by atoms with Gasteiger partial charge in [-0.3, -0.25) is 9.59 Å². The van der Waals surface area contributed by atoms with Gasteiger partial charge in [0.2, 0.25) is 5.91 Å². The fraction of sp³-hybridized carbons (Fsp3) is 0.0588. The summed E-state index contributed by atoms with van der Waals surface area (Å²) in [7, 11) is 0. The third-order valence-corrected chi connectivity index (χ3v) is 4.46. The van der Waals surface area contributed by atoms with E-state index in [1.54, 1.807) is 18.2 Å². The number of carbonyl (C=O) groups is 2. The molecule has 1 aromatic heterocycles. The molecule has 3 N–H and O–H groups in total. The summed E-state index contributed by atoms with van der Waals surface area (Å²) in [6.07, 6.45) is 0. The van der Waals surface area contributed by atoms with Crippen molar-refractivity contribution < 1.29 is 9.59 Å². The van der Waals surface area contributed by atoms with E-state index >= 15 is 0 Å². The van der Waals surface area contributed by atoms with Crippen LogP contribution in [-0.4, -0.2) is 11.8 Å². The van der Waals surface area contributed by atoms with Crippen molar-refractivity contribution in [3.8, 4) is 0 Å². The van der Waals surface area contributed by atoms with Crippen molar-refractivity contribution in [3.05, 3.63) is 64.5 Å².